The van der Waals surface area contributed by atoms with Crippen molar-refractivity contribution in [2.45, 2.75) is 45.2 Å². The van der Waals surface area contributed by atoms with Crippen LogP contribution in [0.3, 0.4) is 0 Å². The number of amides is 4. The lowest BCUT2D eigenvalue weighted by Crippen LogP contribution is -2.42. The summed E-state index contributed by atoms with van der Waals surface area (Å²) in [7, 11) is 0. The first-order valence-corrected chi connectivity index (χ1v) is 9.84. The highest BCUT2D eigenvalue weighted by atomic mass is 16.2. The number of nitrogens with zero attached hydrogens (tertiary/aromatic N) is 3. The molecule has 0 bridgehead atoms. The average molecular weight is 395 g/mol. The number of carbonyl (C=O) groups is 3. The summed E-state index contributed by atoms with van der Waals surface area (Å²) in [6, 6.07) is 8.74. The maximum Gasteiger partial charge on any atom is 0.325 e. The number of aryl methyl sites for hydroxylation is 1. The molecule has 2 aromatic rings. The summed E-state index contributed by atoms with van der Waals surface area (Å²) < 4.78 is 1.79. The highest BCUT2D eigenvalue weighted by Gasteiger charge is 2.49. The average Bonchev–Trinajstić information content (AvgIpc) is 3.40. The quantitative estimate of drug-likeness (QED) is 0.735. The van der Waals surface area contributed by atoms with E-state index in [0.717, 1.165) is 23.3 Å². The van der Waals surface area contributed by atoms with E-state index in [1.54, 1.807) is 23.9 Å². The number of urea groups is 1. The van der Waals surface area contributed by atoms with Crippen molar-refractivity contribution in [2.24, 2.45) is 5.92 Å². The molecule has 2 N–H and O–H groups in total. The summed E-state index contributed by atoms with van der Waals surface area (Å²) in [6.45, 7) is 5.33. The fraction of sp³-hybridized carbons (Fsp3) is 0.429. The Balaban J connectivity index is 1.46. The predicted octanol–water partition coefficient (Wildman–Crippen LogP) is 2.57. The molecule has 4 rings (SSSR count). The highest BCUT2D eigenvalue weighted by molar-refractivity contribution is 6.10. The van der Waals surface area contributed by atoms with Crippen LogP contribution in [0, 0.1) is 12.8 Å². The van der Waals surface area contributed by atoms with Gasteiger partial charge in [0.25, 0.3) is 5.91 Å². The highest BCUT2D eigenvalue weighted by Crippen LogP contribution is 2.40. The molecular formula is C21H25N5O3. The molecule has 1 saturated heterocycles. The molecule has 2 fully saturated rings. The number of anilines is 1. The molecule has 2 unspecified atom stereocenters. The Labute approximate surface area is 169 Å². The number of hydrogen-bond donors (Lipinski definition) is 2. The first-order chi connectivity index (χ1) is 13.8. The lowest BCUT2D eigenvalue weighted by atomic mass is 9.91. The van der Waals surface area contributed by atoms with E-state index >= 15 is 0 Å². The summed E-state index contributed by atoms with van der Waals surface area (Å²) >= 11 is 0. The Hall–Kier alpha value is -3.16. The van der Waals surface area contributed by atoms with Crippen molar-refractivity contribution in [1.82, 2.24) is 20.0 Å². The molecule has 1 aliphatic heterocycles. The number of hydrogen-bond acceptors (Lipinski definition) is 4. The number of imide groups is 1. The van der Waals surface area contributed by atoms with Gasteiger partial charge in [-0.15, -0.1) is 0 Å². The Morgan fingerprint density at radius 1 is 1.28 bits per heavy atom. The third-order valence-corrected chi connectivity index (χ3v) is 5.83. The minimum Gasteiger partial charge on any atom is -0.319 e. The Bertz CT molecular complexity index is 963. The molecule has 4 amide bonds. The second-order valence-corrected chi connectivity index (χ2v) is 8.10. The summed E-state index contributed by atoms with van der Waals surface area (Å²) in [5, 5.41) is 9.81. The van der Waals surface area contributed by atoms with E-state index in [4.69, 9.17) is 0 Å². The largest absolute Gasteiger partial charge is 0.325 e. The number of rotatable bonds is 6. The number of aromatic nitrogens is 2. The second kappa shape index (κ2) is 7.02. The summed E-state index contributed by atoms with van der Waals surface area (Å²) in [5.41, 5.74) is 0.552. The van der Waals surface area contributed by atoms with E-state index in [-0.39, 0.29) is 12.6 Å². The van der Waals surface area contributed by atoms with Gasteiger partial charge in [-0.3, -0.25) is 14.5 Å². The van der Waals surface area contributed by atoms with Crippen molar-refractivity contribution in [3.8, 4) is 0 Å². The monoisotopic (exact) mass is 395 g/mol. The normalized spacial score (nSPS) is 22.5. The molecule has 2 heterocycles. The summed E-state index contributed by atoms with van der Waals surface area (Å²) in [4.78, 5) is 39.0. The van der Waals surface area contributed by atoms with Crippen molar-refractivity contribution in [3.05, 3.63) is 47.7 Å². The van der Waals surface area contributed by atoms with E-state index in [1.807, 2.05) is 31.2 Å². The zero-order valence-corrected chi connectivity index (χ0v) is 16.8. The van der Waals surface area contributed by atoms with Gasteiger partial charge in [-0.1, -0.05) is 29.8 Å². The maximum atomic E-state index is 13.0. The van der Waals surface area contributed by atoms with E-state index in [1.165, 1.54) is 0 Å². The Morgan fingerprint density at radius 3 is 2.62 bits per heavy atom. The fourth-order valence-corrected chi connectivity index (χ4v) is 3.77. The van der Waals surface area contributed by atoms with Crippen LogP contribution in [0.5, 0.6) is 0 Å². The lowest BCUT2D eigenvalue weighted by Gasteiger charge is -2.22. The van der Waals surface area contributed by atoms with Gasteiger partial charge in [0.2, 0.25) is 5.91 Å². The zero-order chi connectivity index (χ0) is 20.8. The molecule has 2 aliphatic rings. The fourth-order valence-electron chi connectivity index (χ4n) is 3.77. The first kappa shape index (κ1) is 19.2. The van der Waals surface area contributed by atoms with Crippen LogP contribution in [-0.2, 0) is 15.1 Å². The van der Waals surface area contributed by atoms with Gasteiger partial charge >= 0.3 is 6.03 Å². The molecule has 0 spiro atoms. The van der Waals surface area contributed by atoms with E-state index < -0.39 is 23.4 Å². The number of benzene rings is 1. The van der Waals surface area contributed by atoms with Gasteiger partial charge in [-0.2, -0.15) is 5.10 Å². The van der Waals surface area contributed by atoms with E-state index in [2.05, 4.69) is 22.7 Å². The van der Waals surface area contributed by atoms with E-state index in [0.29, 0.717) is 17.3 Å². The van der Waals surface area contributed by atoms with Crippen LogP contribution in [0.2, 0.25) is 0 Å². The van der Waals surface area contributed by atoms with Crippen LogP contribution in [0.15, 0.2) is 36.5 Å². The van der Waals surface area contributed by atoms with Gasteiger partial charge < -0.3 is 10.6 Å². The molecule has 29 heavy (non-hydrogen) atoms. The molecule has 1 saturated carbocycles. The topological polar surface area (TPSA) is 96.3 Å². The molecule has 2 atom stereocenters. The van der Waals surface area contributed by atoms with Crippen LogP contribution in [0.4, 0.5) is 10.6 Å². The smallest absolute Gasteiger partial charge is 0.319 e. The number of nitrogens with one attached hydrogen (secondary N) is 2. The molecule has 0 radical (unpaired) electrons. The molecule has 1 aromatic carbocycles. The molecule has 1 aromatic heterocycles. The molecule has 8 nitrogen and oxygen atoms in total. The summed E-state index contributed by atoms with van der Waals surface area (Å²) in [5.74, 6) is 0.266. The second-order valence-electron chi connectivity index (χ2n) is 8.10. The van der Waals surface area contributed by atoms with Crippen molar-refractivity contribution in [3.63, 3.8) is 0 Å². The Morgan fingerprint density at radius 2 is 1.97 bits per heavy atom. The van der Waals surface area contributed by atoms with Crippen molar-refractivity contribution in [2.75, 3.05) is 11.9 Å². The standard InChI is InChI=1S/C21H25N5O3/c1-13-4-8-16(9-5-13)21(3)19(28)25(20(29)24-21)12-18(27)23-17-10-11-22-26(17)14(2)15-6-7-15/h4-5,8-11,14-15H,6-7,12H2,1-3H3,(H,23,27)(H,24,29). The third-order valence-electron chi connectivity index (χ3n) is 5.83. The third kappa shape index (κ3) is 3.50. The molecule has 152 valence electrons. The SMILES string of the molecule is Cc1ccc(C2(C)NC(=O)N(CC(=O)Nc3ccnn3C(C)C3CC3)C2=O)cc1. The van der Waals surface area contributed by atoms with E-state index in [9.17, 15) is 14.4 Å². The van der Waals surface area contributed by atoms with Crippen LogP contribution < -0.4 is 10.6 Å². The predicted molar refractivity (Wildman–Crippen MR) is 107 cm³/mol. The van der Waals surface area contributed by atoms with Crippen molar-refractivity contribution in [1.29, 1.82) is 0 Å². The maximum absolute atomic E-state index is 13.0. The minimum absolute atomic E-state index is 0.196. The van der Waals surface area contributed by atoms with Crippen LogP contribution in [0.1, 0.15) is 43.9 Å². The van der Waals surface area contributed by atoms with Crippen LogP contribution >= 0.6 is 0 Å². The lowest BCUT2D eigenvalue weighted by molar-refractivity contribution is -0.133. The van der Waals surface area contributed by atoms with Crippen molar-refractivity contribution >= 4 is 23.7 Å². The van der Waals surface area contributed by atoms with Crippen LogP contribution in [0.25, 0.3) is 0 Å². The van der Waals surface area contributed by atoms with Gasteiger partial charge in [0, 0.05) is 6.07 Å². The molecular weight excluding hydrogens is 370 g/mol. The first-order valence-electron chi connectivity index (χ1n) is 9.84. The van der Waals surface area contributed by atoms with Gasteiger partial charge in [-0.05, 0) is 45.1 Å². The molecule has 8 heteroatoms. The van der Waals surface area contributed by atoms with Crippen LogP contribution in [-0.4, -0.2) is 39.1 Å². The van der Waals surface area contributed by atoms with Crippen molar-refractivity contribution < 1.29 is 14.4 Å². The zero-order valence-electron chi connectivity index (χ0n) is 16.8. The van der Waals surface area contributed by atoms with Gasteiger partial charge in [0.05, 0.1) is 12.2 Å². The van der Waals surface area contributed by atoms with Gasteiger partial charge in [0.1, 0.15) is 17.9 Å². The molecule has 1 aliphatic carbocycles. The van der Waals surface area contributed by atoms with Gasteiger partial charge in [0.15, 0.2) is 0 Å². The summed E-state index contributed by atoms with van der Waals surface area (Å²) in [6.07, 6.45) is 3.96. The minimum atomic E-state index is -1.19. The Kier molecular flexibility index (Phi) is 4.64. The number of carbonyl (C=O) groups excluding carboxylic acids is 3. The van der Waals surface area contributed by atoms with Gasteiger partial charge in [-0.25, -0.2) is 9.48 Å².